The lowest BCUT2D eigenvalue weighted by molar-refractivity contribution is 0.416. The number of aromatic amines is 1. The first-order valence-corrected chi connectivity index (χ1v) is 6.74. The lowest BCUT2D eigenvalue weighted by Crippen LogP contribution is -2.08. The normalized spacial score (nSPS) is 10.8. The minimum atomic E-state index is -0.161. The zero-order valence-electron chi connectivity index (χ0n) is 10.6. The van der Waals surface area contributed by atoms with Crippen LogP contribution in [0.15, 0.2) is 33.8 Å². The maximum atomic E-state index is 11.7. The van der Waals surface area contributed by atoms with Gasteiger partial charge in [-0.25, -0.2) is 5.10 Å². The molecule has 96 valence electrons. The molecule has 0 aliphatic carbocycles. The van der Waals surface area contributed by atoms with E-state index in [9.17, 15) is 4.79 Å². The van der Waals surface area contributed by atoms with Crippen molar-refractivity contribution in [3.8, 4) is 17.0 Å². The van der Waals surface area contributed by atoms with Crippen LogP contribution in [-0.4, -0.2) is 17.3 Å². The Hall–Kier alpha value is -2.14. The number of aromatic nitrogens is 2. The van der Waals surface area contributed by atoms with Crippen LogP contribution in [0.5, 0.6) is 5.75 Å². The number of benzene rings is 1. The van der Waals surface area contributed by atoms with Gasteiger partial charge in [-0.2, -0.15) is 16.4 Å². The molecule has 0 saturated carbocycles. The van der Waals surface area contributed by atoms with Crippen molar-refractivity contribution in [2.24, 2.45) is 0 Å². The van der Waals surface area contributed by atoms with Crippen LogP contribution in [0.3, 0.4) is 0 Å². The fraction of sp³-hybridized carbons (Fsp3) is 0.143. The van der Waals surface area contributed by atoms with Crippen molar-refractivity contribution in [1.29, 1.82) is 0 Å². The molecule has 2 aromatic heterocycles. The average molecular weight is 272 g/mol. The van der Waals surface area contributed by atoms with Gasteiger partial charge in [0.1, 0.15) is 11.4 Å². The van der Waals surface area contributed by atoms with Crippen LogP contribution in [0.25, 0.3) is 22.0 Å². The topological polar surface area (TPSA) is 55.0 Å². The zero-order chi connectivity index (χ0) is 13.4. The van der Waals surface area contributed by atoms with E-state index in [2.05, 4.69) is 10.2 Å². The molecule has 4 nitrogen and oxygen atoms in total. The number of rotatable bonds is 2. The summed E-state index contributed by atoms with van der Waals surface area (Å²) in [6.45, 7) is 2.01. The standard InChI is InChI=1S/C14H12N2O2S/c1-8-3-4-9(12(5-8)18-2)13-10-6-19-7-11(10)14(17)16-15-13/h3-7H,1-2H3,(H,16,17). The van der Waals surface area contributed by atoms with Crippen molar-refractivity contribution in [2.75, 3.05) is 7.11 Å². The molecule has 19 heavy (non-hydrogen) atoms. The molecule has 0 unspecified atom stereocenters. The molecule has 0 fully saturated rings. The summed E-state index contributed by atoms with van der Waals surface area (Å²) >= 11 is 1.49. The third kappa shape index (κ3) is 1.92. The van der Waals surface area contributed by atoms with E-state index in [1.807, 2.05) is 35.9 Å². The van der Waals surface area contributed by atoms with Crippen LogP contribution in [-0.2, 0) is 0 Å². The van der Waals surface area contributed by atoms with E-state index in [0.29, 0.717) is 5.39 Å². The number of aryl methyl sites for hydroxylation is 1. The van der Waals surface area contributed by atoms with Gasteiger partial charge in [0.25, 0.3) is 5.56 Å². The van der Waals surface area contributed by atoms with Gasteiger partial charge in [0, 0.05) is 21.7 Å². The van der Waals surface area contributed by atoms with Crippen LogP contribution in [0.4, 0.5) is 0 Å². The van der Waals surface area contributed by atoms with Crippen LogP contribution in [0.1, 0.15) is 5.56 Å². The Labute approximate surface area is 113 Å². The second-order valence-corrected chi connectivity index (χ2v) is 5.05. The Morgan fingerprint density at radius 2 is 2.05 bits per heavy atom. The van der Waals surface area contributed by atoms with E-state index in [1.165, 1.54) is 11.3 Å². The Kier molecular flexibility index (Phi) is 2.83. The van der Waals surface area contributed by atoms with E-state index >= 15 is 0 Å². The first-order chi connectivity index (χ1) is 9.20. The molecule has 0 radical (unpaired) electrons. The van der Waals surface area contributed by atoms with Gasteiger partial charge in [-0.1, -0.05) is 6.07 Å². The SMILES string of the molecule is COc1cc(C)ccc1-c1n[nH]c(=O)c2cscc12. The van der Waals surface area contributed by atoms with Crippen molar-refractivity contribution < 1.29 is 4.74 Å². The zero-order valence-corrected chi connectivity index (χ0v) is 11.4. The number of H-pyrrole nitrogens is 1. The number of hydrogen-bond donors (Lipinski definition) is 1. The van der Waals surface area contributed by atoms with Crippen LogP contribution >= 0.6 is 11.3 Å². The second kappa shape index (κ2) is 4.51. The first kappa shape index (κ1) is 11.9. The number of thiophene rings is 1. The van der Waals surface area contributed by atoms with Crippen LogP contribution in [0.2, 0.25) is 0 Å². The lowest BCUT2D eigenvalue weighted by atomic mass is 10.1. The highest BCUT2D eigenvalue weighted by atomic mass is 32.1. The summed E-state index contributed by atoms with van der Waals surface area (Å²) < 4.78 is 5.41. The monoisotopic (exact) mass is 272 g/mol. The average Bonchev–Trinajstić information content (AvgIpc) is 2.90. The Morgan fingerprint density at radius 1 is 1.26 bits per heavy atom. The van der Waals surface area contributed by atoms with Gasteiger partial charge in [-0.05, 0) is 24.6 Å². The number of ether oxygens (including phenoxy) is 1. The van der Waals surface area contributed by atoms with Crippen molar-refractivity contribution in [1.82, 2.24) is 10.2 Å². The summed E-state index contributed by atoms with van der Waals surface area (Å²) in [5, 5.41) is 12.0. The summed E-state index contributed by atoms with van der Waals surface area (Å²) in [6, 6.07) is 5.93. The van der Waals surface area contributed by atoms with Crippen molar-refractivity contribution in [3.05, 3.63) is 44.9 Å². The molecule has 3 rings (SSSR count). The number of methoxy groups -OCH3 is 1. The van der Waals surface area contributed by atoms with Crippen molar-refractivity contribution in [2.45, 2.75) is 6.92 Å². The molecule has 3 aromatic rings. The van der Waals surface area contributed by atoms with Crippen molar-refractivity contribution >= 4 is 22.1 Å². The first-order valence-electron chi connectivity index (χ1n) is 5.80. The molecule has 0 saturated heterocycles. The summed E-state index contributed by atoms with van der Waals surface area (Å²) in [6.07, 6.45) is 0. The summed E-state index contributed by atoms with van der Waals surface area (Å²) in [4.78, 5) is 11.7. The smallest absolute Gasteiger partial charge is 0.272 e. The lowest BCUT2D eigenvalue weighted by Gasteiger charge is -2.09. The van der Waals surface area contributed by atoms with Gasteiger partial charge in [0.05, 0.1) is 12.5 Å². The Morgan fingerprint density at radius 3 is 2.84 bits per heavy atom. The minimum Gasteiger partial charge on any atom is -0.496 e. The highest BCUT2D eigenvalue weighted by Crippen LogP contribution is 2.33. The van der Waals surface area contributed by atoms with Gasteiger partial charge in [0.2, 0.25) is 0 Å². The third-order valence-electron chi connectivity index (χ3n) is 3.04. The Bertz CT molecular complexity index is 805. The van der Waals surface area contributed by atoms with Crippen LogP contribution in [0, 0.1) is 6.92 Å². The molecule has 2 heterocycles. The van der Waals surface area contributed by atoms with Gasteiger partial charge in [-0.15, -0.1) is 0 Å². The number of fused-ring (bicyclic) bond motifs is 1. The predicted octanol–water partition coefficient (Wildman–Crippen LogP) is 2.97. The number of nitrogens with zero attached hydrogens (tertiary/aromatic N) is 1. The van der Waals surface area contributed by atoms with E-state index in [0.717, 1.165) is 28.0 Å². The van der Waals surface area contributed by atoms with Gasteiger partial charge in [0.15, 0.2) is 0 Å². The van der Waals surface area contributed by atoms with Gasteiger partial charge >= 0.3 is 0 Å². The van der Waals surface area contributed by atoms with E-state index in [1.54, 1.807) is 7.11 Å². The number of hydrogen-bond acceptors (Lipinski definition) is 4. The fourth-order valence-electron chi connectivity index (χ4n) is 2.08. The fourth-order valence-corrected chi connectivity index (χ4v) is 2.90. The third-order valence-corrected chi connectivity index (χ3v) is 3.79. The molecular formula is C14H12N2O2S. The largest absolute Gasteiger partial charge is 0.496 e. The van der Waals surface area contributed by atoms with E-state index < -0.39 is 0 Å². The molecule has 1 aromatic carbocycles. The maximum Gasteiger partial charge on any atom is 0.272 e. The summed E-state index contributed by atoms with van der Waals surface area (Å²) in [5.74, 6) is 0.757. The van der Waals surface area contributed by atoms with E-state index in [4.69, 9.17) is 4.74 Å². The molecule has 0 aliphatic rings. The number of nitrogens with one attached hydrogen (secondary N) is 1. The molecular weight excluding hydrogens is 260 g/mol. The van der Waals surface area contributed by atoms with Gasteiger partial charge in [-0.3, -0.25) is 4.79 Å². The molecule has 5 heteroatoms. The molecule has 0 amide bonds. The van der Waals surface area contributed by atoms with Crippen LogP contribution < -0.4 is 10.3 Å². The maximum absolute atomic E-state index is 11.7. The van der Waals surface area contributed by atoms with E-state index in [-0.39, 0.29) is 5.56 Å². The minimum absolute atomic E-state index is 0.161. The quantitative estimate of drug-likeness (QED) is 0.780. The molecule has 0 spiro atoms. The Balaban J connectivity index is 2.33. The highest BCUT2D eigenvalue weighted by Gasteiger charge is 2.13. The van der Waals surface area contributed by atoms with Crippen molar-refractivity contribution in [3.63, 3.8) is 0 Å². The summed E-state index contributed by atoms with van der Waals surface area (Å²) in [7, 11) is 1.63. The van der Waals surface area contributed by atoms with Gasteiger partial charge < -0.3 is 4.74 Å². The summed E-state index contributed by atoms with van der Waals surface area (Å²) in [5.41, 5.74) is 2.58. The molecule has 1 N–H and O–H groups in total. The highest BCUT2D eigenvalue weighted by molar-refractivity contribution is 7.09. The molecule has 0 aliphatic heterocycles. The predicted molar refractivity (Wildman–Crippen MR) is 77.0 cm³/mol. The molecule has 0 bridgehead atoms. The molecule has 0 atom stereocenters. The second-order valence-electron chi connectivity index (χ2n) is 4.30.